The minimum absolute atomic E-state index is 0.183. The summed E-state index contributed by atoms with van der Waals surface area (Å²) in [6.07, 6.45) is 5.14. The Kier molecular flexibility index (Phi) is 5.73. The van der Waals surface area contributed by atoms with Crippen molar-refractivity contribution in [1.82, 2.24) is 14.9 Å². The van der Waals surface area contributed by atoms with Crippen LogP contribution in [0.15, 0.2) is 53.6 Å². The van der Waals surface area contributed by atoms with Gasteiger partial charge in [-0.05, 0) is 55.3 Å². The largest absolute Gasteiger partial charge is 0.346 e. The lowest BCUT2D eigenvalue weighted by atomic mass is 10.2. The molecular weight excluding hydrogens is 426 g/mol. The third-order valence-electron chi connectivity index (χ3n) is 4.99. The van der Waals surface area contributed by atoms with E-state index in [2.05, 4.69) is 19.6 Å². The van der Waals surface area contributed by atoms with Crippen LogP contribution < -0.4 is 10.0 Å². The summed E-state index contributed by atoms with van der Waals surface area (Å²) < 4.78 is 55.4. The van der Waals surface area contributed by atoms with Gasteiger partial charge in [0, 0.05) is 30.4 Å². The van der Waals surface area contributed by atoms with E-state index in [0.717, 1.165) is 49.5 Å². The minimum Gasteiger partial charge on any atom is -0.346 e. The molecule has 0 aliphatic carbocycles. The van der Waals surface area contributed by atoms with Crippen molar-refractivity contribution < 1.29 is 22.0 Å². The number of amides is 1. The van der Waals surface area contributed by atoms with Gasteiger partial charge in [-0.1, -0.05) is 0 Å². The molecule has 2 N–H and O–H groups in total. The van der Waals surface area contributed by atoms with Gasteiger partial charge in [0.25, 0.3) is 15.9 Å². The number of fused-ring (bicyclic) bond motifs is 1. The smallest absolute Gasteiger partial charge is 0.261 e. The summed E-state index contributed by atoms with van der Waals surface area (Å²) in [5.41, 5.74) is 1.32. The van der Waals surface area contributed by atoms with Crippen molar-refractivity contribution in [3.8, 4) is 0 Å². The first-order valence-electron chi connectivity index (χ1n) is 9.73. The molecule has 1 amide bonds. The Bertz CT molecular complexity index is 1200. The maximum atomic E-state index is 13.3. The molecule has 0 unspecified atom stereocenters. The van der Waals surface area contributed by atoms with E-state index in [-0.39, 0.29) is 11.6 Å². The number of rotatable bonds is 6. The fourth-order valence-corrected chi connectivity index (χ4v) is 4.45. The Labute approximate surface area is 178 Å². The van der Waals surface area contributed by atoms with Gasteiger partial charge in [-0.25, -0.2) is 22.2 Å². The van der Waals surface area contributed by atoms with Crippen LogP contribution in [-0.4, -0.2) is 23.9 Å². The van der Waals surface area contributed by atoms with Gasteiger partial charge in [0.2, 0.25) is 0 Å². The van der Waals surface area contributed by atoms with Crippen LogP contribution in [0.25, 0.3) is 0 Å². The van der Waals surface area contributed by atoms with Crippen molar-refractivity contribution >= 4 is 21.6 Å². The molecule has 0 bridgehead atoms. The molecule has 2 aromatic carbocycles. The van der Waals surface area contributed by atoms with Gasteiger partial charge in [0.15, 0.2) is 11.6 Å². The van der Waals surface area contributed by atoms with Crippen LogP contribution in [0.3, 0.4) is 0 Å². The van der Waals surface area contributed by atoms with Crippen LogP contribution in [0, 0.1) is 11.6 Å². The molecule has 0 spiro atoms. The van der Waals surface area contributed by atoms with E-state index in [4.69, 9.17) is 0 Å². The van der Waals surface area contributed by atoms with Gasteiger partial charge in [0.05, 0.1) is 17.1 Å². The summed E-state index contributed by atoms with van der Waals surface area (Å²) >= 11 is 0. The lowest BCUT2D eigenvalue weighted by Gasteiger charge is -2.11. The number of halogens is 2. The van der Waals surface area contributed by atoms with Crippen LogP contribution >= 0.6 is 0 Å². The Balaban J connectivity index is 1.38. The van der Waals surface area contributed by atoms with E-state index in [1.54, 1.807) is 0 Å². The first kappa shape index (κ1) is 21.0. The van der Waals surface area contributed by atoms with E-state index in [0.29, 0.717) is 18.2 Å². The molecule has 0 atom stereocenters. The Morgan fingerprint density at radius 2 is 1.84 bits per heavy atom. The first-order chi connectivity index (χ1) is 14.8. The van der Waals surface area contributed by atoms with E-state index < -0.39 is 26.6 Å². The number of imidazole rings is 1. The van der Waals surface area contributed by atoms with Crippen LogP contribution in [0.4, 0.5) is 14.5 Å². The average molecular weight is 446 g/mol. The lowest BCUT2D eigenvalue weighted by Crippen LogP contribution is -2.23. The highest BCUT2D eigenvalue weighted by Crippen LogP contribution is 2.19. The van der Waals surface area contributed by atoms with Crippen molar-refractivity contribution in [3.63, 3.8) is 0 Å². The SMILES string of the molecule is O=C(NCc1cn2c(n1)CCCC2)c1ccc(NS(=O)(=O)c2ccc(F)c(F)c2)cc1. The maximum Gasteiger partial charge on any atom is 0.261 e. The maximum absolute atomic E-state index is 13.3. The fourth-order valence-electron chi connectivity index (χ4n) is 3.38. The Morgan fingerprint density at radius 1 is 1.06 bits per heavy atom. The van der Waals surface area contributed by atoms with Gasteiger partial charge >= 0.3 is 0 Å². The molecule has 4 rings (SSSR count). The summed E-state index contributed by atoms with van der Waals surface area (Å²) in [5.74, 6) is -1.67. The van der Waals surface area contributed by atoms with Crippen LogP contribution in [0.2, 0.25) is 0 Å². The number of nitrogens with zero attached hydrogens (tertiary/aromatic N) is 2. The quantitative estimate of drug-likeness (QED) is 0.608. The number of hydrogen-bond acceptors (Lipinski definition) is 4. The van der Waals surface area contributed by atoms with Crippen LogP contribution in [0.5, 0.6) is 0 Å². The van der Waals surface area contributed by atoms with Gasteiger partial charge in [0.1, 0.15) is 5.82 Å². The number of aryl methyl sites for hydroxylation is 2. The molecule has 0 saturated heterocycles. The Hall–Kier alpha value is -3.27. The summed E-state index contributed by atoms with van der Waals surface area (Å²) in [7, 11) is -4.10. The molecule has 1 aliphatic rings. The first-order valence-corrected chi connectivity index (χ1v) is 11.2. The van der Waals surface area contributed by atoms with Gasteiger partial charge < -0.3 is 9.88 Å². The zero-order valence-corrected chi connectivity index (χ0v) is 17.3. The average Bonchev–Trinajstić information content (AvgIpc) is 3.17. The monoisotopic (exact) mass is 446 g/mol. The molecule has 7 nitrogen and oxygen atoms in total. The highest BCUT2D eigenvalue weighted by molar-refractivity contribution is 7.92. The Morgan fingerprint density at radius 3 is 2.55 bits per heavy atom. The predicted molar refractivity (Wildman–Crippen MR) is 110 cm³/mol. The minimum atomic E-state index is -4.10. The molecule has 2 heterocycles. The molecule has 0 fully saturated rings. The number of benzene rings is 2. The second kappa shape index (κ2) is 8.46. The number of carbonyl (C=O) groups excluding carboxylic acids is 1. The summed E-state index contributed by atoms with van der Waals surface area (Å²) in [6.45, 7) is 1.24. The molecular formula is C21H20F2N4O3S. The second-order valence-corrected chi connectivity index (χ2v) is 8.92. The molecule has 162 valence electrons. The van der Waals surface area contributed by atoms with Gasteiger partial charge in [-0.3, -0.25) is 9.52 Å². The van der Waals surface area contributed by atoms with Gasteiger partial charge in [-0.2, -0.15) is 0 Å². The highest BCUT2D eigenvalue weighted by Gasteiger charge is 2.17. The molecule has 10 heteroatoms. The van der Waals surface area contributed by atoms with Crippen molar-refractivity contribution in [1.29, 1.82) is 0 Å². The van der Waals surface area contributed by atoms with Crippen molar-refractivity contribution in [2.24, 2.45) is 0 Å². The van der Waals surface area contributed by atoms with E-state index in [1.165, 1.54) is 24.3 Å². The molecule has 3 aromatic rings. The second-order valence-electron chi connectivity index (χ2n) is 7.24. The number of sulfonamides is 1. The highest BCUT2D eigenvalue weighted by atomic mass is 32.2. The summed E-state index contributed by atoms with van der Waals surface area (Å²) in [4.78, 5) is 16.5. The fraction of sp³-hybridized carbons (Fsp3) is 0.238. The number of hydrogen-bond donors (Lipinski definition) is 2. The third-order valence-corrected chi connectivity index (χ3v) is 6.37. The number of carbonyl (C=O) groups is 1. The van der Waals surface area contributed by atoms with Crippen molar-refractivity contribution in [3.05, 3.63) is 77.4 Å². The lowest BCUT2D eigenvalue weighted by molar-refractivity contribution is 0.0950. The van der Waals surface area contributed by atoms with Gasteiger partial charge in [-0.15, -0.1) is 0 Å². The summed E-state index contributed by atoms with van der Waals surface area (Å²) in [6, 6.07) is 8.09. The van der Waals surface area contributed by atoms with Crippen molar-refractivity contribution in [2.45, 2.75) is 37.2 Å². The predicted octanol–water partition coefficient (Wildman–Crippen LogP) is 3.23. The third kappa shape index (κ3) is 4.74. The molecule has 1 aromatic heterocycles. The normalized spacial score (nSPS) is 13.5. The number of aromatic nitrogens is 2. The standard InChI is InChI=1S/C21H20F2N4O3S/c22-18-9-8-17(11-19(18)23)31(29,30)26-15-6-4-14(5-7-15)21(28)24-12-16-13-27-10-2-1-3-20(27)25-16/h4-9,11,13,26H,1-3,10,12H2,(H,24,28). The number of nitrogens with one attached hydrogen (secondary N) is 2. The van der Waals surface area contributed by atoms with Crippen LogP contribution in [-0.2, 0) is 29.5 Å². The summed E-state index contributed by atoms with van der Waals surface area (Å²) in [5, 5.41) is 2.80. The van der Waals surface area contributed by atoms with Crippen molar-refractivity contribution in [2.75, 3.05) is 4.72 Å². The molecule has 0 radical (unpaired) electrons. The molecule has 0 saturated carbocycles. The zero-order chi connectivity index (χ0) is 22.0. The van der Waals surface area contributed by atoms with E-state index in [9.17, 15) is 22.0 Å². The van der Waals surface area contributed by atoms with E-state index >= 15 is 0 Å². The molecule has 1 aliphatic heterocycles. The van der Waals surface area contributed by atoms with E-state index in [1.807, 2.05) is 6.20 Å². The molecule has 31 heavy (non-hydrogen) atoms. The number of anilines is 1. The topological polar surface area (TPSA) is 93.1 Å². The van der Waals surface area contributed by atoms with Crippen LogP contribution in [0.1, 0.15) is 34.7 Å². The zero-order valence-electron chi connectivity index (χ0n) is 16.4.